The lowest BCUT2D eigenvalue weighted by molar-refractivity contribution is -0.118. The Labute approximate surface area is 136 Å². The van der Waals surface area contributed by atoms with Gasteiger partial charge >= 0.3 is 6.03 Å². The summed E-state index contributed by atoms with van der Waals surface area (Å²) in [5, 5.41) is 6.93. The van der Waals surface area contributed by atoms with Crippen LogP contribution in [0.5, 0.6) is 0 Å². The molecule has 1 aromatic rings. The molecule has 0 unspecified atom stereocenters. The van der Waals surface area contributed by atoms with Crippen LogP contribution in [0, 0.1) is 5.92 Å². The summed E-state index contributed by atoms with van der Waals surface area (Å²) in [6, 6.07) is 0.313. The largest absolute Gasteiger partial charge is 0.368 e. The van der Waals surface area contributed by atoms with E-state index in [2.05, 4.69) is 10.4 Å². The number of likely N-dealkylation sites (tertiary alicyclic amines) is 1. The number of aromatic nitrogens is 2. The van der Waals surface area contributed by atoms with Gasteiger partial charge < -0.3 is 16.0 Å². The first-order valence-corrected chi connectivity index (χ1v) is 8.52. The molecule has 1 aliphatic carbocycles. The van der Waals surface area contributed by atoms with Crippen LogP contribution in [-0.2, 0) is 11.3 Å². The molecule has 7 heteroatoms. The van der Waals surface area contributed by atoms with Crippen LogP contribution in [0.3, 0.4) is 0 Å². The van der Waals surface area contributed by atoms with Crippen molar-refractivity contribution in [1.29, 1.82) is 0 Å². The molecule has 3 rings (SSSR count). The highest BCUT2D eigenvalue weighted by atomic mass is 16.2. The molecule has 0 bridgehead atoms. The zero-order chi connectivity index (χ0) is 16.2. The van der Waals surface area contributed by atoms with E-state index < -0.39 is 5.91 Å². The van der Waals surface area contributed by atoms with Crippen LogP contribution in [0.1, 0.15) is 44.9 Å². The number of amides is 3. The van der Waals surface area contributed by atoms with Crippen molar-refractivity contribution in [1.82, 2.24) is 14.7 Å². The zero-order valence-electron chi connectivity index (χ0n) is 13.4. The summed E-state index contributed by atoms with van der Waals surface area (Å²) >= 11 is 0. The lowest BCUT2D eigenvalue weighted by Crippen LogP contribution is -2.43. The third-order valence-corrected chi connectivity index (χ3v) is 4.96. The summed E-state index contributed by atoms with van der Waals surface area (Å²) in [6.45, 7) is 0.840. The highest BCUT2D eigenvalue weighted by Gasteiger charge is 2.35. The monoisotopic (exact) mass is 319 g/mol. The Hall–Kier alpha value is -2.05. The Morgan fingerprint density at radius 2 is 2.00 bits per heavy atom. The predicted octanol–water partition coefficient (Wildman–Crippen LogP) is 1.94. The van der Waals surface area contributed by atoms with Gasteiger partial charge in [-0.3, -0.25) is 9.48 Å². The van der Waals surface area contributed by atoms with Gasteiger partial charge in [0.25, 0.3) is 0 Å². The smallest absolute Gasteiger partial charge is 0.322 e. The van der Waals surface area contributed by atoms with Crippen molar-refractivity contribution in [2.24, 2.45) is 11.7 Å². The maximum Gasteiger partial charge on any atom is 0.322 e. The first-order valence-electron chi connectivity index (χ1n) is 8.52. The van der Waals surface area contributed by atoms with Crippen molar-refractivity contribution in [2.75, 3.05) is 11.9 Å². The minimum absolute atomic E-state index is 0.0181. The maximum absolute atomic E-state index is 12.6. The van der Waals surface area contributed by atoms with E-state index in [4.69, 9.17) is 5.73 Å². The van der Waals surface area contributed by atoms with Crippen LogP contribution in [0.25, 0.3) is 0 Å². The molecule has 3 amide bonds. The molecule has 0 spiro atoms. The molecule has 1 aliphatic heterocycles. The number of carbonyl (C=O) groups excluding carboxylic acids is 2. The first-order chi connectivity index (χ1) is 11.1. The van der Waals surface area contributed by atoms with Crippen LogP contribution < -0.4 is 11.1 Å². The van der Waals surface area contributed by atoms with Crippen LogP contribution in [0.4, 0.5) is 10.5 Å². The Bertz CT molecular complexity index is 565. The number of nitrogens with two attached hydrogens (primary N) is 1. The topological polar surface area (TPSA) is 93.2 Å². The standard InChI is InChI=1S/C16H25N5O2/c17-15(22)11-20-10-13(9-18-20)19-16(23)21-8-4-7-14(21)12-5-2-1-3-6-12/h9-10,12,14H,1-8,11H2,(H2,17,22)(H,19,23)/t14-/m1/s1. The van der Waals surface area contributed by atoms with Crippen LogP contribution >= 0.6 is 0 Å². The van der Waals surface area contributed by atoms with Crippen molar-refractivity contribution in [3.8, 4) is 0 Å². The van der Waals surface area contributed by atoms with E-state index in [0.717, 1.165) is 19.4 Å². The Morgan fingerprint density at radius 3 is 2.74 bits per heavy atom. The second-order valence-electron chi connectivity index (χ2n) is 6.62. The molecule has 3 N–H and O–H groups in total. The van der Waals surface area contributed by atoms with Crippen molar-refractivity contribution in [3.63, 3.8) is 0 Å². The third-order valence-electron chi connectivity index (χ3n) is 4.96. The normalized spacial score (nSPS) is 22.3. The molecular weight excluding hydrogens is 294 g/mol. The molecular formula is C16H25N5O2. The average Bonchev–Trinajstić information content (AvgIpc) is 3.17. The average molecular weight is 319 g/mol. The number of nitrogens with zero attached hydrogens (tertiary/aromatic N) is 3. The summed E-state index contributed by atoms with van der Waals surface area (Å²) in [6.07, 6.45) is 11.8. The molecule has 0 radical (unpaired) electrons. The number of hydrogen-bond donors (Lipinski definition) is 2. The summed E-state index contributed by atoms with van der Waals surface area (Å²) in [5.41, 5.74) is 5.74. The van der Waals surface area contributed by atoms with E-state index in [0.29, 0.717) is 17.6 Å². The van der Waals surface area contributed by atoms with Gasteiger partial charge in [-0.1, -0.05) is 19.3 Å². The minimum Gasteiger partial charge on any atom is -0.368 e. The maximum atomic E-state index is 12.6. The molecule has 2 fully saturated rings. The van der Waals surface area contributed by atoms with E-state index in [1.807, 2.05) is 4.90 Å². The predicted molar refractivity (Wildman–Crippen MR) is 86.7 cm³/mol. The number of carbonyl (C=O) groups is 2. The number of anilines is 1. The third kappa shape index (κ3) is 3.83. The van der Waals surface area contributed by atoms with E-state index in [-0.39, 0.29) is 12.6 Å². The fourth-order valence-electron chi connectivity index (χ4n) is 3.92. The molecule has 7 nitrogen and oxygen atoms in total. The number of hydrogen-bond acceptors (Lipinski definition) is 3. The Balaban J connectivity index is 1.60. The van der Waals surface area contributed by atoms with Gasteiger partial charge in [0, 0.05) is 18.8 Å². The lowest BCUT2D eigenvalue weighted by Gasteiger charge is -2.33. The highest BCUT2D eigenvalue weighted by Crippen LogP contribution is 2.34. The molecule has 2 aliphatic rings. The molecule has 1 atom stereocenters. The minimum atomic E-state index is -0.456. The van der Waals surface area contributed by atoms with Gasteiger partial charge in [0.15, 0.2) is 0 Å². The molecule has 1 saturated heterocycles. The van der Waals surface area contributed by atoms with Crippen LogP contribution in [-0.4, -0.2) is 39.2 Å². The van der Waals surface area contributed by atoms with E-state index in [1.54, 1.807) is 12.4 Å². The van der Waals surface area contributed by atoms with E-state index in [1.165, 1.54) is 36.8 Å². The van der Waals surface area contributed by atoms with E-state index in [9.17, 15) is 9.59 Å². The summed E-state index contributed by atoms with van der Waals surface area (Å²) in [4.78, 5) is 25.5. The molecule has 0 aromatic carbocycles. The van der Waals surface area contributed by atoms with Gasteiger partial charge in [-0.2, -0.15) is 5.10 Å². The van der Waals surface area contributed by atoms with Crippen molar-refractivity contribution in [2.45, 2.75) is 57.5 Å². The number of nitrogens with one attached hydrogen (secondary N) is 1. The Kier molecular flexibility index (Phi) is 4.83. The lowest BCUT2D eigenvalue weighted by atomic mass is 9.83. The molecule has 1 saturated carbocycles. The quantitative estimate of drug-likeness (QED) is 0.888. The number of rotatable bonds is 4. The summed E-state index contributed by atoms with van der Waals surface area (Å²) < 4.78 is 1.43. The SMILES string of the molecule is NC(=O)Cn1cc(NC(=O)N2CCC[C@@H]2C2CCCCC2)cn1. The number of urea groups is 1. The second-order valence-corrected chi connectivity index (χ2v) is 6.62. The van der Waals surface area contributed by atoms with Gasteiger partial charge in [-0.25, -0.2) is 4.79 Å². The molecule has 2 heterocycles. The van der Waals surface area contributed by atoms with Gasteiger partial charge in [-0.15, -0.1) is 0 Å². The van der Waals surface area contributed by atoms with Crippen molar-refractivity contribution < 1.29 is 9.59 Å². The molecule has 1 aromatic heterocycles. The zero-order valence-corrected chi connectivity index (χ0v) is 13.4. The Morgan fingerprint density at radius 1 is 1.22 bits per heavy atom. The van der Waals surface area contributed by atoms with Crippen LogP contribution in [0.15, 0.2) is 12.4 Å². The fraction of sp³-hybridized carbons (Fsp3) is 0.688. The van der Waals surface area contributed by atoms with Gasteiger partial charge in [0.05, 0.1) is 11.9 Å². The second kappa shape index (κ2) is 7.02. The van der Waals surface area contributed by atoms with Crippen LogP contribution in [0.2, 0.25) is 0 Å². The summed E-state index contributed by atoms with van der Waals surface area (Å²) in [5.74, 6) is 0.192. The molecule has 23 heavy (non-hydrogen) atoms. The fourth-order valence-corrected chi connectivity index (χ4v) is 3.92. The van der Waals surface area contributed by atoms with Crippen molar-refractivity contribution in [3.05, 3.63) is 12.4 Å². The highest BCUT2D eigenvalue weighted by molar-refractivity contribution is 5.89. The molecule has 126 valence electrons. The van der Waals surface area contributed by atoms with Gasteiger partial charge in [0.2, 0.25) is 5.91 Å². The van der Waals surface area contributed by atoms with E-state index >= 15 is 0 Å². The van der Waals surface area contributed by atoms with Gasteiger partial charge in [0.1, 0.15) is 6.54 Å². The first kappa shape index (κ1) is 15.8. The summed E-state index contributed by atoms with van der Waals surface area (Å²) in [7, 11) is 0. The van der Waals surface area contributed by atoms with Gasteiger partial charge in [-0.05, 0) is 31.6 Å². The number of primary amides is 1. The van der Waals surface area contributed by atoms with Crippen molar-refractivity contribution >= 4 is 17.6 Å².